The van der Waals surface area contributed by atoms with Crippen LogP contribution >= 0.6 is 11.8 Å². The third-order valence-electron chi connectivity index (χ3n) is 1.65. The molecule has 0 bridgehead atoms. The fraction of sp³-hybridized carbons (Fsp3) is 0.778. The van der Waals surface area contributed by atoms with E-state index in [0.717, 1.165) is 0 Å². The molecule has 0 heterocycles. The Balaban J connectivity index is 3.09. The number of carbonyl (C=O) groups excluding carboxylic acids is 1. The van der Waals surface area contributed by atoms with Crippen molar-refractivity contribution in [3.05, 3.63) is 0 Å². The van der Waals surface area contributed by atoms with Crippen molar-refractivity contribution < 1.29 is 14.7 Å². The Morgan fingerprint density at radius 3 is 2.38 bits per heavy atom. The van der Waals surface area contributed by atoms with E-state index >= 15 is 0 Å². The summed E-state index contributed by atoms with van der Waals surface area (Å²) in [7, 11) is 0. The van der Waals surface area contributed by atoms with Gasteiger partial charge in [0.05, 0.1) is 12.3 Å². The molecule has 0 spiro atoms. The molecule has 0 aromatic carbocycles. The van der Waals surface area contributed by atoms with Crippen LogP contribution in [0.3, 0.4) is 0 Å². The molecule has 6 nitrogen and oxygen atoms in total. The molecule has 0 aliphatic rings. The molecule has 0 saturated heterocycles. The van der Waals surface area contributed by atoms with Gasteiger partial charge in [-0.2, -0.15) is 11.8 Å². The van der Waals surface area contributed by atoms with E-state index in [4.69, 9.17) is 5.11 Å². The van der Waals surface area contributed by atoms with Crippen molar-refractivity contribution in [2.24, 2.45) is 0 Å². The first-order chi connectivity index (χ1) is 7.66. The van der Waals surface area contributed by atoms with Crippen LogP contribution in [0.2, 0.25) is 0 Å². The second-order valence-electron chi connectivity index (χ2n) is 3.10. The third-order valence-corrected chi connectivity index (χ3v) is 2.21. The van der Waals surface area contributed by atoms with Gasteiger partial charge in [0.1, 0.15) is 0 Å². The zero-order chi connectivity index (χ0) is 12.2. The number of nitrogens with one attached hydrogen (secondary N) is 3. The van der Waals surface area contributed by atoms with Crippen molar-refractivity contribution in [2.45, 2.75) is 0 Å². The van der Waals surface area contributed by atoms with E-state index in [1.165, 1.54) is 11.8 Å². The van der Waals surface area contributed by atoms with Gasteiger partial charge in [0, 0.05) is 26.2 Å². The molecule has 0 saturated carbocycles. The Morgan fingerprint density at radius 1 is 1.12 bits per heavy atom. The second kappa shape index (κ2) is 10.7. The monoisotopic (exact) mass is 249 g/mol. The predicted molar refractivity (Wildman–Crippen MR) is 64.8 cm³/mol. The topological polar surface area (TPSA) is 90.5 Å². The van der Waals surface area contributed by atoms with E-state index in [1.807, 2.05) is 6.26 Å². The van der Waals surface area contributed by atoms with Crippen LogP contribution in [0.4, 0.5) is 0 Å². The first-order valence-electron chi connectivity index (χ1n) is 5.05. The first-order valence-corrected chi connectivity index (χ1v) is 6.45. The zero-order valence-corrected chi connectivity index (χ0v) is 10.2. The van der Waals surface area contributed by atoms with Gasteiger partial charge in [0.25, 0.3) is 0 Å². The maximum Gasteiger partial charge on any atom is 0.317 e. The number of thioether (sulfide) groups is 1. The number of carbonyl (C=O) groups is 2. The average molecular weight is 249 g/mol. The normalized spacial score (nSPS) is 10.1. The van der Waals surface area contributed by atoms with Gasteiger partial charge >= 0.3 is 5.97 Å². The largest absolute Gasteiger partial charge is 0.480 e. The Hall–Kier alpha value is -0.790. The summed E-state index contributed by atoms with van der Waals surface area (Å²) in [6, 6.07) is 0. The fourth-order valence-corrected chi connectivity index (χ4v) is 1.33. The molecular weight excluding hydrogens is 230 g/mol. The molecule has 1 amide bonds. The molecular formula is C9H19N3O3S. The van der Waals surface area contributed by atoms with Gasteiger partial charge in [-0.1, -0.05) is 0 Å². The Morgan fingerprint density at radius 2 is 1.75 bits per heavy atom. The summed E-state index contributed by atoms with van der Waals surface area (Å²) in [5, 5.41) is 16.9. The van der Waals surface area contributed by atoms with E-state index in [9.17, 15) is 9.59 Å². The number of hydrogen-bond donors (Lipinski definition) is 4. The van der Waals surface area contributed by atoms with Crippen LogP contribution in [-0.2, 0) is 9.59 Å². The summed E-state index contributed by atoms with van der Waals surface area (Å²) >= 11 is 1.49. The lowest BCUT2D eigenvalue weighted by Crippen LogP contribution is -2.36. The van der Waals surface area contributed by atoms with E-state index in [2.05, 4.69) is 16.0 Å². The Labute approximate surface area is 99.5 Å². The summed E-state index contributed by atoms with van der Waals surface area (Å²) in [4.78, 5) is 21.2. The minimum atomic E-state index is -0.857. The fourth-order valence-electron chi connectivity index (χ4n) is 0.970. The summed E-state index contributed by atoms with van der Waals surface area (Å²) in [6.45, 7) is 2.55. The summed E-state index contributed by atoms with van der Waals surface area (Å²) < 4.78 is 0. The maximum atomic E-state index is 11.0. The summed E-state index contributed by atoms with van der Waals surface area (Å²) in [5.41, 5.74) is 0. The minimum Gasteiger partial charge on any atom is -0.480 e. The molecule has 0 aromatic heterocycles. The number of rotatable bonds is 10. The SMILES string of the molecule is CSCC(=O)NCCNCCNCC(=O)O. The van der Waals surface area contributed by atoms with Crippen molar-refractivity contribution in [1.29, 1.82) is 0 Å². The van der Waals surface area contributed by atoms with Crippen molar-refractivity contribution in [1.82, 2.24) is 16.0 Å². The highest BCUT2D eigenvalue weighted by Crippen LogP contribution is 1.88. The van der Waals surface area contributed by atoms with Gasteiger partial charge in [-0.05, 0) is 6.26 Å². The van der Waals surface area contributed by atoms with Gasteiger partial charge < -0.3 is 21.1 Å². The highest BCUT2D eigenvalue weighted by atomic mass is 32.2. The van der Waals surface area contributed by atoms with Gasteiger partial charge in [-0.15, -0.1) is 0 Å². The van der Waals surface area contributed by atoms with Crippen LogP contribution in [0.25, 0.3) is 0 Å². The molecule has 0 rings (SSSR count). The lowest BCUT2D eigenvalue weighted by atomic mass is 10.5. The molecule has 16 heavy (non-hydrogen) atoms. The number of carboxylic acids is 1. The van der Waals surface area contributed by atoms with Crippen LogP contribution in [0.5, 0.6) is 0 Å². The van der Waals surface area contributed by atoms with Crippen molar-refractivity contribution >= 4 is 23.6 Å². The molecule has 4 N–H and O–H groups in total. The summed E-state index contributed by atoms with van der Waals surface area (Å²) in [6.07, 6.45) is 1.88. The van der Waals surface area contributed by atoms with E-state index < -0.39 is 5.97 Å². The first kappa shape index (κ1) is 15.2. The molecule has 0 unspecified atom stereocenters. The molecule has 0 atom stereocenters. The maximum absolute atomic E-state index is 11.0. The number of amides is 1. The van der Waals surface area contributed by atoms with Crippen LogP contribution in [-0.4, -0.2) is 61.7 Å². The molecule has 0 aromatic rings. The molecule has 0 aliphatic heterocycles. The molecule has 7 heteroatoms. The highest BCUT2D eigenvalue weighted by Gasteiger charge is 1.97. The molecule has 0 radical (unpaired) electrons. The predicted octanol–water partition coefficient (Wildman–Crippen LogP) is -1.27. The minimum absolute atomic E-state index is 0.0217. The molecule has 0 fully saturated rings. The highest BCUT2D eigenvalue weighted by molar-refractivity contribution is 7.99. The van der Waals surface area contributed by atoms with Crippen molar-refractivity contribution in [3.8, 4) is 0 Å². The zero-order valence-electron chi connectivity index (χ0n) is 9.41. The van der Waals surface area contributed by atoms with Gasteiger partial charge in [-0.25, -0.2) is 0 Å². The van der Waals surface area contributed by atoms with Crippen molar-refractivity contribution in [2.75, 3.05) is 44.7 Å². The standard InChI is InChI=1S/C9H19N3O3S/c1-16-7-8(13)12-5-4-10-2-3-11-6-9(14)15/h10-11H,2-7H2,1H3,(H,12,13)(H,14,15). The average Bonchev–Trinajstić information content (AvgIpc) is 2.22. The van der Waals surface area contributed by atoms with Crippen LogP contribution in [0.15, 0.2) is 0 Å². The lowest BCUT2D eigenvalue weighted by molar-refractivity contribution is -0.136. The van der Waals surface area contributed by atoms with Gasteiger partial charge in [0.15, 0.2) is 0 Å². The van der Waals surface area contributed by atoms with Crippen LogP contribution < -0.4 is 16.0 Å². The van der Waals surface area contributed by atoms with Crippen LogP contribution in [0.1, 0.15) is 0 Å². The van der Waals surface area contributed by atoms with Crippen LogP contribution in [0, 0.1) is 0 Å². The van der Waals surface area contributed by atoms with E-state index in [0.29, 0.717) is 31.9 Å². The lowest BCUT2D eigenvalue weighted by Gasteiger charge is -2.06. The van der Waals surface area contributed by atoms with Gasteiger partial charge in [0.2, 0.25) is 5.91 Å². The summed E-state index contributed by atoms with van der Waals surface area (Å²) in [5.74, 6) is -0.331. The Kier molecular flexibility index (Phi) is 10.2. The quantitative estimate of drug-likeness (QED) is 0.361. The number of carboxylic acid groups (broad SMARTS) is 1. The number of hydrogen-bond acceptors (Lipinski definition) is 5. The second-order valence-corrected chi connectivity index (χ2v) is 3.97. The van der Waals surface area contributed by atoms with Gasteiger partial charge in [-0.3, -0.25) is 9.59 Å². The third kappa shape index (κ3) is 11.3. The molecule has 94 valence electrons. The smallest absolute Gasteiger partial charge is 0.317 e. The van der Waals surface area contributed by atoms with E-state index in [1.54, 1.807) is 0 Å². The Bertz CT molecular complexity index is 214. The molecule has 0 aliphatic carbocycles. The number of aliphatic carboxylic acids is 1. The van der Waals surface area contributed by atoms with E-state index in [-0.39, 0.29) is 12.5 Å². The van der Waals surface area contributed by atoms with Crippen molar-refractivity contribution in [3.63, 3.8) is 0 Å².